The number of hydrogen-bond donors (Lipinski definition) is 1. The van der Waals surface area contributed by atoms with Gasteiger partial charge in [0.1, 0.15) is 6.54 Å². The fraction of sp³-hybridized carbons (Fsp3) is 0.240. The first-order chi connectivity index (χ1) is 14.9. The number of pyridine rings is 1. The van der Waals surface area contributed by atoms with Crippen molar-refractivity contribution in [3.63, 3.8) is 0 Å². The topological polar surface area (TPSA) is 59.8 Å². The minimum Gasteiger partial charge on any atom is -0.325 e. The van der Waals surface area contributed by atoms with Crippen molar-refractivity contribution in [2.24, 2.45) is 0 Å². The highest BCUT2D eigenvalue weighted by Crippen LogP contribution is 2.28. The summed E-state index contributed by atoms with van der Waals surface area (Å²) in [7, 11) is 0. The van der Waals surface area contributed by atoms with E-state index < -0.39 is 0 Å². The number of amides is 1. The van der Waals surface area contributed by atoms with Crippen LogP contribution in [0.2, 0.25) is 0 Å². The second-order valence-electron chi connectivity index (χ2n) is 7.99. The number of aromatic nitrogens is 3. The molecule has 4 rings (SSSR count). The van der Waals surface area contributed by atoms with E-state index in [1.54, 1.807) is 24.2 Å². The normalized spacial score (nSPS) is 11.1. The van der Waals surface area contributed by atoms with Gasteiger partial charge in [-0.2, -0.15) is 0 Å². The van der Waals surface area contributed by atoms with E-state index >= 15 is 0 Å². The summed E-state index contributed by atoms with van der Waals surface area (Å²) in [6.07, 6.45) is 3.50. The van der Waals surface area contributed by atoms with Crippen LogP contribution in [-0.2, 0) is 17.1 Å². The van der Waals surface area contributed by atoms with Gasteiger partial charge in [-0.3, -0.25) is 9.78 Å². The monoisotopic (exact) mass is 430 g/mol. The molecule has 0 aliphatic carbocycles. The third kappa shape index (κ3) is 4.97. The largest absolute Gasteiger partial charge is 0.325 e. The highest BCUT2D eigenvalue weighted by Gasteiger charge is 2.15. The lowest BCUT2D eigenvalue weighted by Gasteiger charge is -2.11. The number of rotatable bonds is 6. The van der Waals surface area contributed by atoms with Crippen LogP contribution in [0.4, 0.5) is 5.69 Å². The number of carbonyl (C=O) groups excluding carboxylic acids is 1. The van der Waals surface area contributed by atoms with E-state index in [4.69, 9.17) is 4.98 Å². The maximum absolute atomic E-state index is 12.9. The summed E-state index contributed by atoms with van der Waals surface area (Å²) in [5, 5.41) is 3.85. The average Bonchev–Trinajstić information content (AvgIpc) is 3.05. The minimum absolute atomic E-state index is 0.0817. The van der Waals surface area contributed by atoms with Gasteiger partial charge in [0, 0.05) is 17.6 Å². The van der Waals surface area contributed by atoms with Crippen LogP contribution in [0.3, 0.4) is 0 Å². The summed E-state index contributed by atoms with van der Waals surface area (Å²) in [6.45, 7) is 8.47. The molecule has 5 nitrogen and oxygen atoms in total. The molecular weight excluding hydrogens is 404 g/mol. The van der Waals surface area contributed by atoms with E-state index in [1.165, 1.54) is 16.7 Å². The molecule has 4 aromatic rings. The van der Waals surface area contributed by atoms with Gasteiger partial charge in [-0.05, 0) is 68.1 Å². The Bertz CT molecular complexity index is 1240. The number of imidazole rings is 1. The van der Waals surface area contributed by atoms with Crippen LogP contribution in [0.5, 0.6) is 0 Å². The third-order valence-corrected chi connectivity index (χ3v) is 6.21. The standard InChI is InChI=1S/C25H26N4OS/c1-16-5-6-19(4)20(10-16)15-31-25-28-22-7-8-26-13-23(22)29(25)14-24(30)27-21-11-17(2)9-18(3)12-21/h5-13H,14-15H2,1-4H3,(H,27,30). The van der Waals surface area contributed by atoms with Crippen LogP contribution in [0.15, 0.2) is 60.0 Å². The fourth-order valence-electron chi connectivity index (χ4n) is 3.70. The van der Waals surface area contributed by atoms with Gasteiger partial charge in [0.2, 0.25) is 5.91 Å². The fourth-order valence-corrected chi connectivity index (χ4v) is 4.78. The number of aryl methyl sites for hydroxylation is 4. The van der Waals surface area contributed by atoms with Gasteiger partial charge in [0.15, 0.2) is 5.16 Å². The molecule has 2 aromatic carbocycles. The number of hydrogen-bond acceptors (Lipinski definition) is 4. The zero-order chi connectivity index (χ0) is 22.0. The maximum Gasteiger partial charge on any atom is 0.244 e. The zero-order valence-electron chi connectivity index (χ0n) is 18.3. The van der Waals surface area contributed by atoms with Crippen molar-refractivity contribution >= 4 is 34.4 Å². The molecule has 0 radical (unpaired) electrons. The molecule has 158 valence electrons. The average molecular weight is 431 g/mol. The number of anilines is 1. The van der Waals surface area contributed by atoms with Crippen molar-refractivity contribution in [3.8, 4) is 0 Å². The predicted octanol–water partition coefficient (Wildman–Crippen LogP) is 5.60. The quantitative estimate of drug-likeness (QED) is 0.405. The summed E-state index contributed by atoms with van der Waals surface area (Å²) in [6, 6.07) is 14.4. The van der Waals surface area contributed by atoms with Gasteiger partial charge in [0.25, 0.3) is 0 Å². The molecule has 0 saturated carbocycles. The van der Waals surface area contributed by atoms with E-state index in [1.807, 2.05) is 36.6 Å². The number of fused-ring (bicyclic) bond motifs is 1. The summed E-state index contributed by atoms with van der Waals surface area (Å²) < 4.78 is 1.95. The van der Waals surface area contributed by atoms with E-state index in [0.29, 0.717) is 0 Å². The van der Waals surface area contributed by atoms with Gasteiger partial charge < -0.3 is 9.88 Å². The molecule has 1 amide bonds. The molecule has 0 atom stereocenters. The van der Waals surface area contributed by atoms with Crippen LogP contribution in [0.1, 0.15) is 27.8 Å². The molecule has 0 fully saturated rings. The molecule has 0 saturated heterocycles. The van der Waals surface area contributed by atoms with Crippen molar-refractivity contribution in [1.29, 1.82) is 0 Å². The third-order valence-electron chi connectivity index (χ3n) is 5.18. The van der Waals surface area contributed by atoms with Crippen LogP contribution in [0, 0.1) is 27.7 Å². The Kier molecular flexibility index (Phi) is 6.09. The molecule has 31 heavy (non-hydrogen) atoms. The summed E-state index contributed by atoms with van der Waals surface area (Å²) >= 11 is 1.65. The molecule has 0 aliphatic rings. The Labute approximate surface area is 186 Å². The van der Waals surface area contributed by atoms with Gasteiger partial charge in [-0.15, -0.1) is 0 Å². The first-order valence-electron chi connectivity index (χ1n) is 10.3. The molecular formula is C25H26N4OS. The number of carbonyl (C=O) groups is 1. The van der Waals surface area contributed by atoms with E-state index in [-0.39, 0.29) is 12.5 Å². The molecule has 6 heteroatoms. The second kappa shape index (κ2) is 8.94. The lowest BCUT2D eigenvalue weighted by Crippen LogP contribution is -2.19. The smallest absolute Gasteiger partial charge is 0.244 e. The molecule has 0 aliphatic heterocycles. The summed E-state index contributed by atoms with van der Waals surface area (Å²) in [5.74, 6) is 0.713. The number of benzene rings is 2. The van der Waals surface area contributed by atoms with Crippen molar-refractivity contribution in [2.75, 3.05) is 5.32 Å². The SMILES string of the molecule is Cc1cc(C)cc(NC(=O)Cn2c(SCc3cc(C)ccc3C)nc3ccncc32)c1. The molecule has 0 spiro atoms. The number of nitrogens with zero attached hydrogens (tertiary/aromatic N) is 3. The molecule has 1 N–H and O–H groups in total. The van der Waals surface area contributed by atoms with Crippen LogP contribution >= 0.6 is 11.8 Å². The first kappa shape index (κ1) is 21.1. The minimum atomic E-state index is -0.0817. The Morgan fingerprint density at radius 2 is 1.77 bits per heavy atom. The molecule has 0 bridgehead atoms. The number of thioether (sulfide) groups is 1. The van der Waals surface area contributed by atoms with Crippen LogP contribution in [-0.4, -0.2) is 20.4 Å². The van der Waals surface area contributed by atoms with Crippen LogP contribution < -0.4 is 5.32 Å². The molecule has 2 heterocycles. The van der Waals surface area contributed by atoms with Crippen molar-refractivity contribution in [1.82, 2.24) is 14.5 Å². The Hall–Kier alpha value is -3.12. The van der Waals surface area contributed by atoms with E-state index in [0.717, 1.165) is 38.8 Å². The molecule has 2 aromatic heterocycles. The highest BCUT2D eigenvalue weighted by atomic mass is 32.2. The number of nitrogens with one attached hydrogen (secondary N) is 1. The highest BCUT2D eigenvalue weighted by molar-refractivity contribution is 7.98. The molecule has 0 unspecified atom stereocenters. The van der Waals surface area contributed by atoms with E-state index in [2.05, 4.69) is 48.4 Å². The van der Waals surface area contributed by atoms with Crippen molar-refractivity contribution in [2.45, 2.75) is 45.1 Å². The maximum atomic E-state index is 12.9. The van der Waals surface area contributed by atoms with Gasteiger partial charge >= 0.3 is 0 Å². The van der Waals surface area contributed by atoms with Crippen molar-refractivity contribution < 1.29 is 4.79 Å². The lowest BCUT2D eigenvalue weighted by molar-refractivity contribution is -0.116. The Morgan fingerprint density at radius 3 is 2.55 bits per heavy atom. The Morgan fingerprint density at radius 1 is 1.00 bits per heavy atom. The van der Waals surface area contributed by atoms with Gasteiger partial charge in [-0.1, -0.05) is 41.6 Å². The Balaban J connectivity index is 1.58. The van der Waals surface area contributed by atoms with E-state index in [9.17, 15) is 4.79 Å². The second-order valence-corrected chi connectivity index (χ2v) is 8.93. The van der Waals surface area contributed by atoms with Gasteiger partial charge in [-0.25, -0.2) is 4.98 Å². The van der Waals surface area contributed by atoms with Crippen LogP contribution in [0.25, 0.3) is 11.0 Å². The first-order valence-corrected chi connectivity index (χ1v) is 11.2. The summed E-state index contributed by atoms with van der Waals surface area (Å²) in [5.41, 5.74) is 8.55. The predicted molar refractivity (Wildman–Crippen MR) is 128 cm³/mol. The lowest BCUT2D eigenvalue weighted by atomic mass is 10.1. The van der Waals surface area contributed by atoms with Crippen molar-refractivity contribution in [3.05, 3.63) is 82.7 Å². The summed E-state index contributed by atoms with van der Waals surface area (Å²) in [4.78, 5) is 21.9. The van der Waals surface area contributed by atoms with Gasteiger partial charge in [0.05, 0.1) is 17.2 Å². The zero-order valence-corrected chi connectivity index (χ0v) is 19.1.